The standard InChI is InChI=1S/C12H19NO2/c13-10-5-4-9(7-10)8-11(14)12-3-1-2-6-15-12/h3,9-10H,1-2,4-8,13H2. The number of nitrogens with two attached hydrogens (primary N) is 1. The maximum Gasteiger partial charge on any atom is 0.197 e. The van der Waals surface area contributed by atoms with Crippen LogP contribution in [0.5, 0.6) is 0 Å². The molecule has 0 bridgehead atoms. The minimum absolute atomic E-state index is 0.175. The first-order chi connectivity index (χ1) is 7.25. The van der Waals surface area contributed by atoms with E-state index < -0.39 is 0 Å². The highest BCUT2D eigenvalue weighted by Gasteiger charge is 2.25. The Balaban J connectivity index is 1.83. The summed E-state index contributed by atoms with van der Waals surface area (Å²) in [4.78, 5) is 11.8. The van der Waals surface area contributed by atoms with Gasteiger partial charge in [0, 0.05) is 12.5 Å². The molecule has 0 aromatic carbocycles. The van der Waals surface area contributed by atoms with E-state index in [0.717, 1.165) is 32.1 Å². The van der Waals surface area contributed by atoms with Crippen molar-refractivity contribution >= 4 is 5.78 Å². The second-order valence-electron chi connectivity index (χ2n) is 4.63. The van der Waals surface area contributed by atoms with Gasteiger partial charge in [-0.15, -0.1) is 0 Å². The second kappa shape index (κ2) is 4.79. The number of carbonyl (C=O) groups excluding carboxylic acids is 1. The van der Waals surface area contributed by atoms with Gasteiger partial charge in [-0.2, -0.15) is 0 Å². The third kappa shape index (κ3) is 2.81. The summed E-state index contributed by atoms with van der Waals surface area (Å²) in [7, 11) is 0. The molecule has 0 spiro atoms. The van der Waals surface area contributed by atoms with Gasteiger partial charge in [-0.3, -0.25) is 4.79 Å². The minimum atomic E-state index is 0.175. The van der Waals surface area contributed by atoms with Crippen molar-refractivity contribution in [3.63, 3.8) is 0 Å². The van der Waals surface area contributed by atoms with Crippen molar-refractivity contribution < 1.29 is 9.53 Å². The van der Waals surface area contributed by atoms with Gasteiger partial charge in [0.15, 0.2) is 11.5 Å². The predicted molar refractivity (Wildman–Crippen MR) is 58.2 cm³/mol. The Bertz CT molecular complexity index is 273. The highest BCUT2D eigenvalue weighted by atomic mass is 16.5. The molecular weight excluding hydrogens is 190 g/mol. The van der Waals surface area contributed by atoms with Crippen LogP contribution in [0.15, 0.2) is 11.8 Å². The Kier molecular flexibility index (Phi) is 3.41. The van der Waals surface area contributed by atoms with Gasteiger partial charge in [0.2, 0.25) is 0 Å². The second-order valence-corrected chi connectivity index (χ2v) is 4.63. The van der Waals surface area contributed by atoms with E-state index in [-0.39, 0.29) is 5.78 Å². The number of ether oxygens (including phenoxy) is 1. The lowest BCUT2D eigenvalue weighted by Gasteiger charge is -2.15. The Morgan fingerprint density at radius 1 is 1.53 bits per heavy atom. The topological polar surface area (TPSA) is 52.3 Å². The fraction of sp³-hybridized carbons (Fsp3) is 0.750. The van der Waals surface area contributed by atoms with E-state index in [0.29, 0.717) is 30.7 Å². The van der Waals surface area contributed by atoms with Gasteiger partial charge >= 0.3 is 0 Å². The first-order valence-electron chi connectivity index (χ1n) is 5.87. The first kappa shape index (κ1) is 10.7. The molecule has 0 aromatic rings. The van der Waals surface area contributed by atoms with E-state index in [9.17, 15) is 4.79 Å². The molecule has 0 aromatic heterocycles. The summed E-state index contributed by atoms with van der Waals surface area (Å²) in [5, 5.41) is 0. The molecule has 1 saturated carbocycles. The van der Waals surface area contributed by atoms with E-state index in [2.05, 4.69) is 0 Å². The molecule has 1 aliphatic heterocycles. The first-order valence-corrected chi connectivity index (χ1v) is 5.87. The number of ketones is 1. The van der Waals surface area contributed by atoms with Crippen LogP contribution in [0.25, 0.3) is 0 Å². The molecule has 84 valence electrons. The molecule has 0 amide bonds. The summed E-state index contributed by atoms with van der Waals surface area (Å²) in [6.45, 7) is 0.696. The van der Waals surface area contributed by atoms with Gasteiger partial charge in [-0.05, 0) is 44.1 Å². The average molecular weight is 209 g/mol. The fourth-order valence-corrected chi connectivity index (χ4v) is 2.41. The summed E-state index contributed by atoms with van der Waals surface area (Å²) in [6.07, 6.45) is 7.73. The lowest BCUT2D eigenvalue weighted by Crippen LogP contribution is -2.17. The zero-order chi connectivity index (χ0) is 10.7. The molecule has 1 fully saturated rings. The van der Waals surface area contributed by atoms with Crippen LogP contribution in [0, 0.1) is 5.92 Å². The summed E-state index contributed by atoms with van der Waals surface area (Å²) < 4.78 is 5.36. The molecule has 2 N–H and O–H groups in total. The van der Waals surface area contributed by atoms with Crippen molar-refractivity contribution in [2.24, 2.45) is 11.7 Å². The largest absolute Gasteiger partial charge is 0.490 e. The molecule has 3 heteroatoms. The third-order valence-corrected chi connectivity index (χ3v) is 3.27. The lowest BCUT2D eigenvalue weighted by molar-refractivity contribution is -0.120. The van der Waals surface area contributed by atoms with Crippen molar-refractivity contribution in [1.82, 2.24) is 0 Å². The quantitative estimate of drug-likeness (QED) is 0.770. The van der Waals surface area contributed by atoms with Crippen molar-refractivity contribution in [3.05, 3.63) is 11.8 Å². The Morgan fingerprint density at radius 3 is 3.00 bits per heavy atom. The Labute approximate surface area is 90.7 Å². The SMILES string of the molecule is NC1CCC(CC(=O)C2=CCCCO2)C1. The van der Waals surface area contributed by atoms with Crippen LogP contribution in [0.4, 0.5) is 0 Å². The maximum absolute atomic E-state index is 11.8. The molecule has 1 aliphatic carbocycles. The molecule has 2 unspecified atom stereocenters. The van der Waals surface area contributed by atoms with Gasteiger partial charge in [-0.1, -0.05) is 0 Å². The van der Waals surface area contributed by atoms with Crippen LogP contribution in [-0.2, 0) is 9.53 Å². The lowest BCUT2D eigenvalue weighted by atomic mass is 9.99. The zero-order valence-electron chi connectivity index (χ0n) is 9.08. The van der Waals surface area contributed by atoms with Crippen LogP contribution >= 0.6 is 0 Å². The molecule has 1 heterocycles. The Morgan fingerprint density at radius 2 is 2.40 bits per heavy atom. The molecule has 0 radical (unpaired) electrons. The van der Waals surface area contributed by atoms with Crippen molar-refractivity contribution in [1.29, 1.82) is 0 Å². The molecular formula is C12H19NO2. The number of Topliss-reactive ketones (excluding diaryl/α,β-unsaturated/α-hetero) is 1. The number of allylic oxidation sites excluding steroid dienone is 2. The molecule has 0 saturated heterocycles. The molecule has 2 rings (SSSR count). The van der Waals surface area contributed by atoms with Crippen LogP contribution in [0.2, 0.25) is 0 Å². The normalized spacial score (nSPS) is 30.9. The van der Waals surface area contributed by atoms with E-state index in [1.807, 2.05) is 6.08 Å². The zero-order valence-corrected chi connectivity index (χ0v) is 9.08. The summed E-state index contributed by atoms with van der Waals surface area (Å²) >= 11 is 0. The third-order valence-electron chi connectivity index (χ3n) is 3.27. The number of hydrogen-bond acceptors (Lipinski definition) is 3. The van der Waals surface area contributed by atoms with Gasteiger partial charge in [0.1, 0.15) is 0 Å². The molecule has 2 atom stereocenters. The Hall–Kier alpha value is -0.830. The maximum atomic E-state index is 11.8. The van der Waals surface area contributed by atoms with Gasteiger partial charge in [0.05, 0.1) is 6.61 Å². The van der Waals surface area contributed by atoms with E-state index >= 15 is 0 Å². The van der Waals surface area contributed by atoms with Crippen LogP contribution in [0.1, 0.15) is 38.5 Å². The highest BCUT2D eigenvalue weighted by molar-refractivity contribution is 5.93. The van der Waals surface area contributed by atoms with Crippen molar-refractivity contribution in [2.45, 2.75) is 44.6 Å². The van der Waals surface area contributed by atoms with E-state index in [4.69, 9.17) is 10.5 Å². The molecule has 3 nitrogen and oxygen atoms in total. The van der Waals surface area contributed by atoms with Gasteiger partial charge in [0.25, 0.3) is 0 Å². The molecule has 15 heavy (non-hydrogen) atoms. The van der Waals surface area contributed by atoms with Crippen molar-refractivity contribution in [2.75, 3.05) is 6.61 Å². The number of rotatable bonds is 3. The average Bonchev–Trinajstić information content (AvgIpc) is 2.65. The monoisotopic (exact) mass is 209 g/mol. The van der Waals surface area contributed by atoms with E-state index in [1.165, 1.54) is 0 Å². The minimum Gasteiger partial charge on any atom is -0.490 e. The predicted octanol–water partition coefficient (Wildman–Crippen LogP) is 1.77. The number of carbonyl (C=O) groups is 1. The van der Waals surface area contributed by atoms with Crippen LogP contribution < -0.4 is 5.73 Å². The summed E-state index contributed by atoms with van der Waals surface area (Å²) in [5.41, 5.74) is 5.82. The number of hydrogen-bond donors (Lipinski definition) is 1. The smallest absolute Gasteiger partial charge is 0.197 e. The van der Waals surface area contributed by atoms with Crippen molar-refractivity contribution in [3.8, 4) is 0 Å². The molecule has 2 aliphatic rings. The van der Waals surface area contributed by atoms with Crippen LogP contribution in [0.3, 0.4) is 0 Å². The highest BCUT2D eigenvalue weighted by Crippen LogP contribution is 2.28. The van der Waals surface area contributed by atoms with Gasteiger partial charge < -0.3 is 10.5 Å². The van der Waals surface area contributed by atoms with E-state index in [1.54, 1.807) is 0 Å². The summed E-state index contributed by atoms with van der Waals surface area (Å²) in [5.74, 6) is 1.26. The summed E-state index contributed by atoms with van der Waals surface area (Å²) in [6, 6.07) is 0.309. The van der Waals surface area contributed by atoms with Gasteiger partial charge in [-0.25, -0.2) is 0 Å². The fourth-order valence-electron chi connectivity index (χ4n) is 2.41. The van der Waals surface area contributed by atoms with Crippen LogP contribution in [-0.4, -0.2) is 18.4 Å².